The summed E-state index contributed by atoms with van der Waals surface area (Å²) >= 11 is 11.2. The fourth-order valence-electron chi connectivity index (χ4n) is 2.03. The molecule has 0 saturated heterocycles. The van der Waals surface area contributed by atoms with Crippen molar-refractivity contribution in [3.8, 4) is 5.75 Å². The van der Waals surface area contributed by atoms with E-state index in [0.717, 1.165) is 24.2 Å². The monoisotopic (exact) mass is 457 g/mol. The number of aliphatic carboxylic acids is 1. The number of benzene rings is 2. The van der Waals surface area contributed by atoms with Crippen LogP contribution in [0.1, 0.15) is 35.2 Å². The van der Waals surface area contributed by atoms with Crippen LogP contribution in [0.4, 0.5) is 0 Å². The molecule has 2 aromatic carbocycles. The highest BCUT2D eigenvalue weighted by molar-refractivity contribution is 6.36. The molecular formula is C21H29Cl2N3O4. The SMILES string of the molecule is COc1cccc(CN)c1.NCCCC[C@H](N)C(=O)O.O=Cc1ccc(Cl)cc1Cl. The van der Waals surface area contributed by atoms with Crippen molar-refractivity contribution in [2.45, 2.75) is 31.8 Å². The van der Waals surface area contributed by atoms with Gasteiger partial charge in [-0.15, -0.1) is 0 Å². The van der Waals surface area contributed by atoms with Crippen molar-refractivity contribution in [1.29, 1.82) is 0 Å². The molecule has 0 heterocycles. The fraction of sp³-hybridized carbons (Fsp3) is 0.333. The second-order valence-corrected chi connectivity index (χ2v) is 6.91. The Labute approximate surface area is 187 Å². The minimum atomic E-state index is -0.933. The standard InChI is InChI=1S/C8H11NO.C7H4Cl2O.C6H14N2O2/c1-10-8-4-2-3-7(5-8)6-9;8-6-2-1-5(4-10)7(9)3-6;7-4-2-1-3-5(8)6(9)10/h2-5H,6,9H2,1H3;1-4H;5H,1-4,7-8H2,(H,9,10)/t;;5-/m..0/s1. The molecule has 0 radical (unpaired) electrons. The molecule has 0 spiro atoms. The number of aldehydes is 1. The number of carbonyl (C=O) groups excluding carboxylic acids is 1. The first-order chi connectivity index (χ1) is 14.3. The van der Waals surface area contributed by atoms with Crippen LogP contribution in [0.3, 0.4) is 0 Å². The van der Waals surface area contributed by atoms with E-state index in [1.54, 1.807) is 19.2 Å². The van der Waals surface area contributed by atoms with Gasteiger partial charge < -0.3 is 27.0 Å². The average molecular weight is 458 g/mol. The largest absolute Gasteiger partial charge is 0.497 e. The van der Waals surface area contributed by atoms with E-state index < -0.39 is 12.0 Å². The number of rotatable bonds is 8. The van der Waals surface area contributed by atoms with E-state index in [0.29, 0.717) is 41.4 Å². The molecule has 2 rings (SSSR count). The van der Waals surface area contributed by atoms with Crippen molar-refractivity contribution in [3.05, 3.63) is 63.6 Å². The lowest BCUT2D eigenvalue weighted by molar-refractivity contribution is -0.138. The van der Waals surface area contributed by atoms with Crippen molar-refractivity contribution in [1.82, 2.24) is 0 Å². The Balaban J connectivity index is 0.000000420. The molecule has 0 fully saturated rings. The third-order valence-corrected chi connectivity index (χ3v) is 4.31. The average Bonchev–Trinajstić information content (AvgIpc) is 2.74. The molecule has 166 valence electrons. The van der Waals surface area contributed by atoms with Gasteiger partial charge in [0.25, 0.3) is 0 Å². The van der Waals surface area contributed by atoms with Gasteiger partial charge in [0.2, 0.25) is 0 Å². The number of ether oxygens (including phenoxy) is 1. The van der Waals surface area contributed by atoms with E-state index >= 15 is 0 Å². The van der Waals surface area contributed by atoms with Crippen molar-refractivity contribution in [3.63, 3.8) is 0 Å². The Morgan fingerprint density at radius 2 is 1.87 bits per heavy atom. The van der Waals surface area contributed by atoms with Crippen molar-refractivity contribution >= 4 is 35.5 Å². The lowest BCUT2D eigenvalue weighted by Crippen LogP contribution is -2.29. The van der Waals surface area contributed by atoms with Crippen LogP contribution in [0.5, 0.6) is 5.75 Å². The fourth-order valence-corrected chi connectivity index (χ4v) is 2.48. The molecule has 7 N–H and O–H groups in total. The summed E-state index contributed by atoms with van der Waals surface area (Å²) < 4.78 is 5.00. The Bertz CT molecular complexity index is 756. The molecule has 0 aliphatic heterocycles. The van der Waals surface area contributed by atoms with E-state index in [-0.39, 0.29) is 0 Å². The van der Waals surface area contributed by atoms with Gasteiger partial charge in [-0.25, -0.2) is 0 Å². The van der Waals surface area contributed by atoms with Crippen molar-refractivity contribution < 1.29 is 19.4 Å². The molecule has 2 aromatic rings. The molecule has 1 atom stereocenters. The van der Waals surface area contributed by atoms with Crippen LogP contribution in [0, 0.1) is 0 Å². The summed E-state index contributed by atoms with van der Waals surface area (Å²) in [4.78, 5) is 20.3. The van der Waals surface area contributed by atoms with Gasteiger partial charge in [-0.2, -0.15) is 0 Å². The van der Waals surface area contributed by atoms with E-state index in [1.165, 1.54) is 6.07 Å². The van der Waals surface area contributed by atoms with Crippen LogP contribution in [0.2, 0.25) is 10.0 Å². The number of methoxy groups -OCH3 is 1. The summed E-state index contributed by atoms with van der Waals surface area (Å²) in [5.74, 6) is -0.0695. The molecule has 0 aliphatic rings. The zero-order valence-corrected chi connectivity index (χ0v) is 18.4. The topological polar surface area (TPSA) is 142 Å². The number of unbranched alkanes of at least 4 members (excludes halogenated alkanes) is 1. The summed E-state index contributed by atoms with van der Waals surface area (Å²) in [6, 6.07) is 11.8. The zero-order valence-electron chi connectivity index (χ0n) is 16.9. The van der Waals surface area contributed by atoms with Crippen LogP contribution < -0.4 is 21.9 Å². The Hall–Kier alpha value is -2.16. The maximum atomic E-state index is 10.2. The maximum Gasteiger partial charge on any atom is 0.320 e. The summed E-state index contributed by atoms with van der Waals surface area (Å²) in [7, 11) is 1.65. The van der Waals surface area contributed by atoms with Crippen molar-refractivity contribution in [2.75, 3.05) is 13.7 Å². The van der Waals surface area contributed by atoms with E-state index in [1.807, 2.05) is 24.3 Å². The minimum Gasteiger partial charge on any atom is -0.497 e. The van der Waals surface area contributed by atoms with Gasteiger partial charge in [0.1, 0.15) is 11.8 Å². The predicted octanol–water partition coefficient (Wildman–Crippen LogP) is 3.49. The van der Waals surface area contributed by atoms with Crippen LogP contribution in [-0.2, 0) is 11.3 Å². The highest BCUT2D eigenvalue weighted by Gasteiger charge is 2.09. The quantitative estimate of drug-likeness (QED) is 0.350. The van der Waals surface area contributed by atoms with Crippen LogP contribution in [0.25, 0.3) is 0 Å². The van der Waals surface area contributed by atoms with Crippen LogP contribution in [0.15, 0.2) is 42.5 Å². The zero-order chi connectivity index (χ0) is 22.9. The summed E-state index contributed by atoms with van der Waals surface area (Å²) in [5.41, 5.74) is 17.4. The number of hydrogen-bond donors (Lipinski definition) is 4. The van der Waals surface area contributed by atoms with Gasteiger partial charge in [-0.05, 0) is 55.3 Å². The van der Waals surface area contributed by atoms with E-state index in [4.69, 9.17) is 50.2 Å². The Morgan fingerprint density at radius 1 is 1.17 bits per heavy atom. The molecule has 0 bridgehead atoms. The highest BCUT2D eigenvalue weighted by Crippen LogP contribution is 2.18. The first-order valence-electron chi connectivity index (χ1n) is 9.20. The van der Waals surface area contributed by atoms with Gasteiger partial charge in [0, 0.05) is 17.1 Å². The maximum absolute atomic E-state index is 10.2. The second kappa shape index (κ2) is 16.6. The highest BCUT2D eigenvalue weighted by atomic mass is 35.5. The summed E-state index contributed by atoms with van der Waals surface area (Å²) in [5, 5.41) is 9.25. The first-order valence-corrected chi connectivity index (χ1v) is 9.96. The van der Waals surface area contributed by atoms with Gasteiger partial charge in [-0.3, -0.25) is 9.59 Å². The Kier molecular flexibility index (Phi) is 15.4. The number of halogens is 2. The molecular weight excluding hydrogens is 429 g/mol. The number of carbonyl (C=O) groups is 2. The first kappa shape index (κ1) is 27.8. The normalized spacial score (nSPS) is 10.6. The molecule has 0 aromatic heterocycles. The number of carboxylic acid groups (broad SMARTS) is 1. The van der Waals surface area contributed by atoms with Gasteiger partial charge >= 0.3 is 5.97 Å². The molecule has 9 heteroatoms. The summed E-state index contributed by atoms with van der Waals surface area (Å²) in [6.45, 7) is 1.17. The number of carboxylic acids is 1. The van der Waals surface area contributed by atoms with E-state index in [9.17, 15) is 9.59 Å². The Morgan fingerprint density at radius 3 is 2.37 bits per heavy atom. The molecule has 0 unspecified atom stereocenters. The molecule has 0 aliphatic carbocycles. The van der Waals surface area contributed by atoms with Gasteiger partial charge in [-0.1, -0.05) is 41.8 Å². The smallest absolute Gasteiger partial charge is 0.320 e. The summed E-state index contributed by atoms with van der Waals surface area (Å²) in [6.07, 6.45) is 2.86. The van der Waals surface area contributed by atoms with E-state index in [2.05, 4.69) is 0 Å². The molecule has 7 nitrogen and oxygen atoms in total. The van der Waals surface area contributed by atoms with Crippen LogP contribution >= 0.6 is 23.2 Å². The van der Waals surface area contributed by atoms with Crippen LogP contribution in [-0.4, -0.2) is 37.1 Å². The van der Waals surface area contributed by atoms with Gasteiger partial charge in [0.15, 0.2) is 6.29 Å². The predicted molar refractivity (Wildman–Crippen MR) is 121 cm³/mol. The lowest BCUT2D eigenvalue weighted by atomic mass is 10.1. The number of nitrogens with two attached hydrogens (primary N) is 3. The third-order valence-electron chi connectivity index (χ3n) is 3.75. The molecule has 30 heavy (non-hydrogen) atoms. The minimum absolute atomic E-state index is 0.391. The lowest BCUT2D eigenvalue weighted by Gasteiger charge is -2.03. The van der Waals surface area contributed by atoms with Gasteiger partial charge in [0.05, 0.1) is 12.1 Å². The number of hydrogen-bond acceptors (Lipinski definition) is 6. The third kappa shape index (κ3) is 12.4. The second-order valence-electron chi connectivity index (χ2n) is 6.07. The van der Waals surface area contributed by atoms with Crippen molar-refractivity contribution in [2.24, 2.45) is 17.2 Å². The molecule has 0 saturated carbocycles. The molecule has 0 amide bonds.